The summed E-state index contributed by atoms with van der Waals surface area (Å²) in [7, 11) is 1.67. The molecule has 0 amide bonds. The number of hydrogen-bond donors (Lipinski definition) is 1. The molecule has 1 aromatic carbocycles. The van der Waals surface area contributed by atoms with Gasteiger partial charge >= 0.3 is 5.97 Å². The van der Waals surface area contributed by atoms with Crippen LogP contribution in [0.3, 0.4) is 0 Å². The largest absolute Gasteiger partial charge is 0.497 e. The number of nitrogens with zero attached hydrogens (tertiary/aromatic N) is 2. The molecule has 4 rings (SSSR count). The minimum absolute atomic E-state index is 0.0164. The second kappa shape index (κ2) is 7.59. The molecule has 6 heteroatoms. The number of fused-ring (bicyclic) bond motifs is 2. The van der Waals surface area contributed by atoms with E-state index in [4.69, 9.17) is 9.47 Å². The number of benzene rings is 1. The van der Waals surface area contributed by atoms with Crippen molar-refractivity contribution in [1.82, 2.24) is 15.1 Å². The first-order valence-electron chi connectivity index (χ1n) is 10.2. The molecule has 150 valence electrons. The van der Waals surface area contributed by atoms with Crippen LogP contribution in [0.5, 0.6) is 5.75 Å². The first-order chi connectivity index (χ1) is 13.6. The third kappa shape index (κ3) is 3.00. The summed E-state index contributed by atoms with van der Waals surface area (Å²) in [4.78, 5) is 15.3. The zero-order valence-electron chi connectivity index (χ0n) is 16.9. The highest BCUT2D eigenvalue weighted by atomic mass is 16.5. The minimum atomic E-state index is -0.358. The van der Waals surface area contributed by atoms with Gasteiger partial charge in [-0.1, -0.05) is 6.92 Å². The first-order valence-corrected chi connectivity index (χ1v) is 10.2. The van der Waals surface area contributed by atoms with Crippen LogP contribution in [0.25, 0.3) is 11.3 Å². The zero-order chi connectivity index (χ0) is 19.7. The van der Waals surface area contributed by atoms with Gasteiger partial charge in [0.15, 0.2) is 0 Å². The summed E-state index contributed by atoms with van der Waals surface area (Å²) >= 11 is 0. The molecule has 2 fully saturated rings. The Balaban J connectivity index is 1.57. The quantitative estimate of drug-likeness (QED) is 0.737. The number of H-pyrrole nitrogens is 1. The average molecular weight is 383 g/mol. The van der Waals surface area contributed by atoms with Crippen molar-refractivity contribution in [2.75, 3.05) is 13.7 Å². The van der Waals surface area contributed by atoms with E-state index in [1.54, 1.807) is 7.11 Å². The molecule has 0 spiro atoms. The number of methoxy groups -OCH3 is 1. The maximum Gasteiger partial charge on any atom is 0.313 e. The van der Waals surface area contributed by atoms with E-state index in [-0.39, 0.29) is 17.4 Å². The normalized spacial score (nSPS) is 26.5. The van der Waals surface area contributed by atoms with Gasteiger partial charge in [0.05, 0.1) is 31.0 Å². The smallest absolute Gasteiger partial charge is 0.313 e. The highest BCUT2D eigenvalue weighted by molar-refractivity contribution is 5.79. The van der Waals surface area contributed by atoms with E-state index in [1.165, 1.54) is 0 Å². The Morgan fingerprint density at radius 1 is 1.29 bits per heavy atom. The van der Waals surface area contributed by atoms with Crippen LogP contribution in [-0.2, 0) is 16.1 Å². The number of aromatic amines is 1. The number of aromatic nitrogens is 2. The number of esters is 1. The zero-order valence-corrected chi connectivity index (χ0v) is 16.9. The van der Waals surface area contributed by atoms with Gasteiger partial charge in [0, 0.05) is 29.8 Å². The molecule has 1 aromatic heterocycles. The van der Waals surface area contributed by atoms with Crippen molar-refractivity contribution < 1.29 is 14.3 Å². The van der Waals surface area contributed by atoms with Gasteiger partial charge in [-0.05, 0) is 56.9 Å². The van der Waals surface area contributed by atoms with Gasteiger partial charge in [-0.15, -0.1) is 0 Å². The van der Waals surface area contributed by atoms with E-state index in [0.717, 1.165) is 54.8 Å². The van der Waals surface area contributed by atoms with Crippen molar-refractivity contribution in [3.63, 3.8) is 0 Å². The Morgan fingerprint density at radius 3 is 2.75 bits per heavy atom. The van der Waals surface area contributed by atoms with Crippen molar-refractivity contribution in [3.05, 3.63) is 36.0 Å². The van der Waals surface area contributed by atoms with Gasteiger partial charge in [0.25, 0.3) is 0 Å². The lowest BCUT2D eigenvalue weighted by Crippen LogP contribution is -2.44. The topological polar surface area (TPSA) is 67.5 Å². The van der Waals surface area contributed by atoms with E-state index in [2.05, 4.69) is 22.0 Å². The summed E-state index contributed by atoms with van der Waals surface area (Å²) in [6, 6.07) is 8.70. The average Bonchev–Trinajstić information content (AvgIpc) is 3.43. The number of hydrogen-bond acceptors (Lipinski definition) is 5. The molecule has 2 saturated heterocycles. The standard InChI is InChI=1S/C22H29N3O3/c1-4-22(21(26)28-5-2)12-17-8-11-19(22)25(17)14-16-13-23-24-20(16)15-6-9-18(27-3)10-7-15/h6-7,9-10,13,17,19H,4-5,8,11-12,14H2,1-3H3,(H,23,24)/t17-,19+,22+/m0/s1. The van der Waals surface area contributed by atoms with Crippen LogP contribution in [0.15, 0.2) is 30.5 Å². The summed E-state index contributed by atoms with van der Waals surface area (Å²) in [5.41, 5.74) is 2.93. The Kier molecular flexibility index (Phi) is 5.15. The molecule has 28 heavy (non-hydrogen) atoms. The Morgan fingerprint density at radius 2 is 2.07 bits per heavy atom. The fourth-order valence-electron chi connectivity index (χ4n) is 5.20. The molecule has 0 saturated carbocycles. The molecule has 2 aliphatic heterocycles. The second-order valence-electron chi connectivity index (χ2n) is 7.85. The predicted molar refractivity (Wildman–Crippen MR) is 107 cm³/mol. The molecule has 2 aliphatic rings. The van der Waals surface area contributed by atoms with Crippen molar-refractivity contribution in [2.45, 2.75) is 58.2 Å². The SMILES string of the molecule is CCOC(=O)[C@]1(CC)C[C@@H]2CC[C@H]1N2Cc1cn[nH]c1-c1ccc(OC)cc1. The van der Waals surface area contributed by atoms with Crippen LogP contribution in [0.4, 0.5) is 0 Å². The lowest BCUT2D eigenvalue weighted by atomic mass is 9.72. The summed E-state index contributed by atoms with van der Waals surface area (Å²) in [5.74, 6) is 0.821. The molecule has 0 unspecified atom stereocenters. The van der Waals surface area contributed by atoms with Gasteiger partial charge in [-0.3, -0.25) is 14.8 Å². The number of ether oxygens (including phenoxy) is 2. The first kappa shape index (κ1) is 19.0. The van der Waals surface area contributed by atoms with E-state index in [0.29, 0.717) is 12.6 Å². The molecule has 2 aromatic rings. The molecule has 1 N–H and O–H groups in total. The van der Waals surface area contributed by atoms with Crippen LogP contribution in [0, 0.1) is 5.41 Å². The van der Waals surface area contributed by atoms with Crippen molar-refractivity contribution in [2.24, 2.45) is 5.41 Å². The van der Waals surface area contributed by atoms with Crippen molar-refractivity contribution >= 4 is 5.97 Å². The Hall–Kier alpha value is -2.34. The number of rotatable bonds is 7. The molecule has 3 atom stereocenters. The van der Waals surface area contributed by atoms with E-state index < -0.39 is 0 Å². The molecule has 0 aliphatic carbocycles. The van der Waals surface area contributed by atoms with Crippen LogP contribution in [0.2, 0.25) is 0 Å². The van der Waals surface area contributed by atoms with Crippen LogP contribution < -0.4 is 4.74 Å². The fraction of sp³-hybridized carbons (Fsp3) is 0.545. The highest BCUT2D eigenvalue weighted by Gasteiger charge is 2.59. The second-order valence-corrected chi connectivity index (χ2v) is 7.85. The van der Waals surface area contributed by atoms with E-state index in [1.807, 2.05) is 37.4 Å². The highest BCUT2D eigenvalue weighted by Crippen LogP contribution is 2.53. The molecule has 0 radical (unpaired) electrons. The fourth-order valence-corrected chi connectivity index (χ4v) is 5.20. The lowest BCUT2D eigenvalue weighted by Gasteiger charge is -2.34. The molecular formula is C22H29N3O3. The van der Waals surface area contributed by atoms with Gasteiger partial charge in [-0.2, -0.15) is 5.10 Å². The monoisotopic (exact) mass is 383 g/mol. The van der Waals surface area contributed by atoms with Crippen LogP contribution >= 0.6 is 0 Å². The molecular weight excluding hydrogens is 354 g/mol. The Bertz CT molecular complexity index is 832. The van der Waals surface area contributed by atoms with Crippen LogP contribution in [-0.4, -0.2) is 46.9 Å². The lowest BCUT2D eigenvalue weighted by molar-refractivity contribution is -0.157. The van der Waals surface area contributed by atoms with Crippen molar-refractivity contribution in [1.29, 1.82) is 0 Å². The third-order valence-electron chi connectivity index (χ3n) is 6.64. The molecule has 3 heterocycles. The Labute approximate surface area is 166 Å². The number of carbonyl (C=O) groups excluding carboxylic acids is 1. The number of carbonyl (C=O) groups is 1. The molecule has 6 nitrogen and oxygen atoms in total. The minimum Gasteiger partial charge on any atom is -0.497 e. The number of nitrogens with one attached hydrogen (secondary N) is 1. The summed E-state index contributed by atoms with van der Waals surface area (Å²) < 4.78 is 10.7. The summed E-state index contributed by atoms with van der Waals surface area (Å²) in [5, 5.41) is 7.45. The molecule has 2 bridgehead atoms. The maximum atomic E-state index is 12.8. The van der Waals surface area contributed by atoms with E-state index in [9.17, 15) is 4.79 Å². The maximum absolute atomic E-state index is 12.8. The predicted octanol–water partition coefficient (Wildman–Crippen LogP) is 3.78. The van der Waals surface area contributed by atoms with Gasteiger partial charge in [-0.25, -0.2) is 0 Å². The third-order valence-corrected chi connectivity index (χ3v) is 6.64. The van der Waals surface area contributed by atoms with Gasteiger partial charge in [0.2, 0.25) is 0 Å². The van der Waals surface area contributed by atoms with Gasteiger partial charge in [0.1, 0.15) is 5.75 Å². The van der Waals surface area contributed by atoms with Crippen LogP contribution in [0.1, 0.15) is 45.1 Å². The van der Waals surface area contributed by atoms with E-state index >= 15 is 0 Å². The summed E-state index contributed by atoms with van der Waals surface area (Å²) in [6.07, 6.45) is 5.87. The van der Waals surface area contributed by atoms with Crippen molar-refractivity contribution in [3.8, 4) is 17.0 Å². The van der Waals surface area contributed by atoms with Gasteiger partial charge < -0.3 is 9.47 Å². The summed E-state index contributed by atoms with van der Waals surface area (Å²) in [6.45, 7) is 5.25.